The molecule has 26 heavy (non-hydrogen) atoms. The minimum absolute atomic E-state index is 0.0870. The van der Waals surface area contributed by atoms with Gasteiger partial charge in [-0.3, -0.25) is 9.59 Å². The Morgan fingerprint density at radius 1 is 1.35 bits per heavy atom. The van der Waals surface area contributed by atoms with Gasteiger partial charge in [-0.05, 0) is 18.2 Å². The van der Waals surface area contributed by atoms with E-state index in [9.17, 15) is 29.7 Å². The van der Waals surface area contributed by atoms with Crippen LogP contribution in [0.3, 0.4) is 0 Å². The maximum atomic E-state index is 12.9. The minimum atomic E-state index is -2.83. The molecule has 2 unspecified atom stereocenters. The summed E-state index contributed by atoms with van der Waals surface area (Å²) in [5, 5.41) is 32.4. The number of hydrogen-bond donors (Lipinski definition) is 4. The van der Waals surface area contributed by atoms with E-state index in [4.69, 9.17) is 9.15 Å². The molecule has 0 spiro atoms. The van der Waals surface area contributed by atoms with Crippen molar-refractivity contribution in [2.75, 3.05) is 7.11 Å². The third kappa shape index (κ3) is 2.40. The van der Waals surface area contributed by atoms with E-state index >= 15 is 0 Å². The van der Waals surface area contributed by atoms with E-state index < -0.39 is 34.5 Å². The third-order valence-electron chi connectivity index (χ3n) is 4.17. The molecule has 3 rings (SSSR count). The summed E-state index contributed by atoms with van der Waals surface area (Å²) in [6, 6.07) is 2.19. The van der Waals surface area contributed by atoms with Gasteiger partial charge in [0.15, 0.2) is 5.43 Å². The van der Waals surface area contributed by atoms with E-state index in [2.05, 4.69) is 5.32 Å². The molecular formula is C17H15NO8. The number of carbonyl (C=O) groups excluding carboxylic acids is 1. The fourth-order valence-corrected chi connectivity index (χ4v) is 3.01. The van der Waals surface area contributed by atoms with Gasteiger partial charge in [-0.25, -0.2) is 4.79 Å². The van der Waals surface area contributed by atoms with Crippen molar-refractivity contribution in [3.63, 3.8) is 0 Å². The lowest BCUT2D eigenvalue weighted by atomic mass is 9.79. The first-order valence-electron chi connectivity index (χ1n) is 7.49. The molecule has 1 aromatic carbocycles. The molecule has 0 saturated heterocycles. The van der Waals surface area contributed by atoms with E-state index in [-0.39, 0.29) is 28.2 Å². The number of aromatic hydroxyl groups is 1. The van der Waals surface area contributed by atoms with Gasteiger partial charge in [0.1, 0.15) is 28.9 Å². The van der Waals surface area contributed by atoms with Crippen molar-refractivity contribution in [3.05, 3.63) is 45.5 Å². The maximum absolute atomic E-state index is 12.9. The van der Waals surface area contributed by atoms with Gasteiger partial charge < -0.3 is 29.8 Å². The molecule has 1 aliphatic carbocycles. The maximum Gasteiger partial charge on any atom is 0.343 e. The number of phenols is 1. The molecule has 0 fully saturated rings. The van der Waals surface area contributed by atoms with Gasteiger partial charge in [-0.2, -0.15) is 0 Å². The summed E-state index contributed by atoms with van der Waals surface area (Å²) in [7, 11) is 1.23. The summed E-state index contributed by atoms with van der Waals surface area (Å²) in [5.41, 5.74) is -4.16. The van der Waals surface area contributed by atoms with Gasteiger partial charge in [-0.15, -0.1) is 0 Å². The number of methoxy groups -OCH3 is 1. The lowest BCUT2D eigenvalue weighted by molar-refractivity contribution is -0.164. The molecule has 9 nitrogen and oxygen atoms in total. The first kappa shape index (κ1) is 17.5. The standard InChI is InChI=1S/C17H15NO8/c1-7(19)18-15-12(25-2)6-11-13(17(15,24)16(22)23)14(21)9-5-8(20)3-4-10(9)26-11/h3-6,15,20,24H,1-2H3,(H,18,19)(H,22,23). The third-order valence-corrected chi connectivity index (χ3v) is 4.17. The highest BCUT2D eigenvalue weighted by Crippen LogP contribution is 2.38. The van der Waals surface area contributed by atoms with Crippen LogP contribution in [0.25, 0.3) is 17.0 Å². The smallest absolute Gasteiger partial charge is 0.343 e. The first-order chi connectivity index (χ1) is 12.2. The molecule has 0 radical (unpaired) electrons. The summed E-state index contributed by atoms with van der Waals surface area (Å²) < 4.78 is 10.6. The summed E-state index contributed by atoms with van der Waals surface area (Å²) in [6.45, 7) is 1.13. The highest BCUT2D eigenvalue weighted by molar-refractivity contribution is 5.89. The number of benzene rings is 1. The lowest BCUT2D eigenvalue weighted by Crippen LogP contribution is -2.59. The molecule has 2 atom stereocenters. The Labute approximate surface area is 146 Å². The highest BCUT2D eigenvalue weighted by Gasteiger charge is 2.55. The van der Waals surface area contributed by atoms with Crippen molar-refractivity contribution >= 4 is 28.9 Å². The number of aliphatic hydroxyl groups is 1. The van der Waals surface area contributed by atoms with Crippen molar-refractivity contribution in [1.29, 1.82) is 0 Å². The second kappa shape index (κ2) is 5.88. The van der Waals surface area contributed by atoms with E-state index in [1.165, 1.54) is 25.3 Å². The quantitative estimate of drug-likeness (QED) is 0.609. The predicted octanol–water partition coefficient (Wildman–Crippen LogP) is 0.276. The molecule has 1 aliphatic rings. The number of rotatable bonds is 3. The van der Waals surface area contributed by atoms with Crippen molar-refractivity contribution in [3.8, 4) is 5.75 Å². The van der Waals surface area contributed by atoms with E-state index in [0.29, 0.717) is 0 Å². The topological polar surface area (TPSA) is 146 Å². The Morgan fingerprint density at radius 3 is 2.62 bits per heavy atom. The molecule has 4 N–H and O–H groups in total. The molecule has 2 aromatic rings. The van der Waals surface area contributed by atoms with Gasteiger partial charge in [0.2, 0.25) is 11.5 Å². The zero-order chi connectivity index (χ0) is 19.2. The summed E-state index contributed by atoms with van der Waals surface area (Å²) >= 11 is 0. The zero-order valence-electron chi connectivity index (χ0n) is 13.8. The number of phenolic OH excluding ortho intramolecular Hbond substituents is 1. The normalized spacial score (nSPS) is 21.7. The fourth-order valence-electron chi connectivity index (χ4n) is 3.01. The van der Waals surface area contributed by atoms with Gasteiger partial charge in [0, 0.05) is 13.0 Å². The number of carbonyl (C=O) groups is 2. The Kier molecular flexibility index (Phi) is 3.96. The Hall–Kier alpha value is -3.33. The second-order valence-electron chi connectivity index (χ2n) is 5.81. The fraction of sp³-hybridized carbons (Fsp3) is 0.235. The molecular weight excluding hydrogens is 346 g/mol. The van der Waals surface area contributed by atoms with E-state index in [1.807, 2.05) is 0 Å². The monoisotopic (exact) mass is 361 g/mol. The average molecular weight is 361 g/mol. The average Bonchev–Trinajstić information content (AvgIpc) is 2.57. The van der Waals surface area contributed by atoms with Gasteiger partial charge in [0.05, 0.1) is 18.1 Å². The number of hydrogen-bond acceptors (Lipinski definition) is 7. The summed E-state index contributed by atoms with van der Waals surface area (Å²) in [6.07, 6.45) is 1.24. The number of nitrogens with one attached hydrogen (secondary N) is 1. The number of ether oxygens (including phenoxy) is 1. The van der Waals surface area contributed by atoms with Crippen LogP contribution in [-0.2, 0) is 19.9 Å². The highest BCUT2D eigenvalue weighted by atomic mass is 16.5. The van der Waals surface area contributed by atoms with Crippen molar-refractivity contribution in [2.45, 2.75) is 18.6 Å². The number of fused-ring (bicyclic) bond motifs is 2. The van der Waals surface area contributed by atoms with Crippen molar-refractivity contribution in [2.24, 2.45) is 0 Å². The number of carboxylic acids is 1. The zero-order valence-corrected chi connectivity index (χ0v) is 13.8. The van der Waals surface area contributed by atoms with Crippen LogP contribution in [0, 0.1) is 0 Å². The molecule has 0 saturated carbocycles. The Bertz CT molecular complexity index is 1020. The van der Waals surface area contributed by atoms with Crippen LogP contribution >= 0.6 is 0 Å². The first-order valence-corrected chi connectivity index (χ1v) is 7.49. The molecule has 9 heteroatoms. The summed E-state index contributed by atoms with van der Waals surface area (Å²) in [4.78, 5) is 36.3. The summed E-state index contributed by atoms with van der Waals surface area (Å²) in [5.74, 6) is -2.95. The number of carboxylic acid groups (broad SMARTS) is 1. The van der Waals surface area contributed by atoms with E-state index in [1.54, 1.807) is 0 Å². The number of aliphatic carboxylic acids is 1. The van der Waals surface area contributed by atoms with Crippen molar-refractivity contribution in [1.82, 2.24) is 5.32 Å². The second-order valence-corrected chi connectivity index (χ2v) is 5.81. The predicted molar refractivity (Wildman–Crippen MR) is 88.3 cm³/mol. The van der Waals surface area contributed by atoms with Crippen LogP contribution in [0.2, 0.25) is 0 Å². The van der Waals surface area contributed by atoms with Gasteiger partial charge in [-0.1, -0.05) is 0 Å². The van der Waals surface area contributed by atoms with Crippen LogP contribution in [-0.4, -0.2) is 40.3 Å². The SMILES string of the molecule is COC1=Cc2oc3ccc(O)cc3c(=O)c2C(O)(C(=O)O)C1NC(C)=O. The van der Waals surface area contributed by atoms with Crippen LogP contribution < -0.4 is 10.7 Å². The van der Waals surface area contributed by atoms with Gasteiger partial charge in [0.25, 0.3) is 0 Å². The molecule has 0 bridgehead atoms. The molecule has 1 amide bonds. The van der Waals surface area contributed by atoms with Crippen molar-refractivity contribution < 1.29 is 34.1 Å². The lowest BCUT2D eigenvalue weighted by Gasteiger charge is -2.36. The minimum Gasteiger partial charge on any atom is -0.508 e. The Morgan fingerprint density at radius 2 is 2.04 bits per heavy atom. The van der Waals surface area contributed by atoms with Crippen LogP contribution in [0.15, 0.2) is 33.2 Å². The molecule has 1 aromatic heterocycles. The molecule has 136 valence electrons. The molecule has 1 heterocycles. The largest absolute Gasteiger partial charge is 0.508 e. The van der Waals surface area contributed by atoms with E-state index in [0.717, 1.165) is 13.0 Å². The molecule has 0 aliphatic heterocycles. The number of amides is 1. The van der Waals surface area contributed by atoms with Crippen LogP contribution in [0.1, 0.15) is 18.2 Å². The van der Waals surface area contributed by atoms with Gasteiger partial charge >= 0.3 is 5.97 Å². The Balaban J connectivity index is 2.43. The van der Waals surface area contributed by atoms with Crippen LogP contribution in [0.5, 0.6) is 5.75 Å². The van der Waals surface area contributed by atoms with Crippen LogP contribution in [0.4, 0.5) is 0 Å².